The minimum Gasteiger partial charge on any atom is -0.337 e. The van der Waals surface area contributed by atoms with Crippen molar-refractivity contribution in [2.24, 2.45) is 0 Å². The van der Waals surface area contributed by atoms with Gasteiger partial charge in [0.1, 0.15) is 17.9 Å². The molecule has 0 aliphatic rings. The van der Waals surface area contributed by atoms with E-state index in [1.54, 1.807) is 18.7 Å². The Kier molecular flexibility index (Phi) is 5.01. The molecule has 0 unspecified atom stereocenters. The van der Waals surface area contributed by atoms with Gasteiger partial charge < -0.3 is 4.90 Å². The zero-order valence-electron chi connectivity index (χ0n) is 12.3. The van der Waals surface area contributed by atoms with E-state index in [4.69, 9.17) is 0 Å². The Balaban J connectivity index is 2.93. The van der Waals surface area contributed by atoms with Gasteiger partial charge in [-0.1, -0.05) is 12.2 Å². The number of rotatable bonds is 6. The number of aryl methyl sites for hydroxylation is 1. The molecule has 0 radical (unpaired) electrons. The Hall–Kier alpha value is -2.18. The second-order valence-electron chi connectivity index (χ2n) is 4.80. The Labute approximate surface area is 118 Å². The summed E-state index contributed by atoms with van der Waals surface area (Å²) in [4.78, 5) is 24.3. The lowest BCUT2D eigenvalue weighted by atomic mass is 10.3. The predicted molar refractivity (Wildman–Crippen MR) is 75.4 cm³/mol. The Morgan fingerprint density at radius 3 is 2.50 bits per heavy atom. The first kappa shape index (κ1) is 15.9. The number of carbonyl (C=O) groups excluding carboxylic acids is 1. The number of aromatic nitrogens is 2. The molecule has 7 heteroatoms. The topological polar surface area (TPSA) is 81.3 Å². The maximum absolute atomic E-state index is 12.2. The summed E-state index contributed by atoms with van der Waals surface area (Å²) in [7, 11) is 0. The van der Waals surface area contributed by atoms with E-state index < -0.39 is 4.92 Å². The molecule has 0 saturated heterocycles. The standard InChI is InChI=1S/C13H20N4O3/c1-6-15(7-9(2)3)12(18)8-16-11(5)13(17(19)20)10(4)14-16/h2,6-8H2,1,3-5H3. The molecule has 0 spiro atoms. The third-order valence-electron chi connectivity index (χ3n) is 3.01. The van der Waals surface area contributed by atoms with E-state index in [-0.39, 0.29) is 18.1 Å². The lowest BCUT2D eigenvalue weighted by Gasteiger charge is -2.21. The van der Waals surface area contributed by atoms with Crippen LogP contribution in [-0.4, -0.2) is 38.6 Å². The maximum atomic E-state index is 12.2. The van der Waals surface area contributed by atoms with Gasteiger partial charge in [-0.15, -0.1) is 0 Å². The van der Waals surface area contributed by atoms with Crippen molar-refractivity contribution in [2.45, 2.75) is 34.2 Å². The quantitative estimate of drug-likeness (QED) is 0.452. The van der Waals surface area contributed by atoms with Crippen LogP contribution in [0.3, 0.4) is 0 Å². The molecule has 7 nitrogen and oxygen atoms in total. The molecule has 0 bridgehead atoms. The summed E-state index contributed by atoms with van der Waals surface area (Å²) in [6, 6.07) is 0. The van der Waals surface area contributed by atoms with Crippen molar-refractivity contribution in [3.05, 3.63) is 33.7 Å². The van der Waals surface area contributed by atoms with E-state index in [1.165, 1.54) is 4.68 Å². The molecule has 0 fully saturated rings. The number of likely N-dealkylation sites (N-methyl/N-ethyl adjacent to an activating group) is 1. The van der Waals surface area contributed by atoms with Crippen molar-refractivity contribution in [3.8, 4) is 0 Å². The molecule has 1 rings (SSSR count). The molecule has 110 valence electrons. The maximum Gasteiger partial charge on any atom is 0.312 e. The van der Waals surface area contributed by atoms with Crippen LogP contribution in [0.5, 0.6) is 0 Å². The number of amides is 1. The van der Waals surface area contributed by atoms with Crippen LogP contribution in [0, 0.1) is 24.0 Å². The van der Waals surface area contributed by atoms with Gasteiger partial charge in [0.05, 0.1) is 4.92 Å². The molecule has 0 aliphatic heterocycles. The van der Waals surface area contributed by atoms with Crippen LogP contribution >= 0.6 is 0 Å². The first-order valence-electron chi connectivity index (χ1n) is 6.38. The van der Waals surface area contributed by atoms with E-state index >= 15 is 0 Å². The first-order chi connectivity index (χ1) is 9.27. The minimum absolute atomic E-state index is 0.00162. The zero-order valence-corrected chi connectivity index (χ0v) is 12.3. The molecule has 0 saturated carbocycles. The number of hydrogen-bond donors (Lipinski definition) is 0. The zero-order chi connectivity index (χ0) is 15.4. The number of nitrogens with zero attached hydrogens (tertiary/aromatic N) is 4. The average Bonchev–Trinajstić information content (AvgIpc) is 2.60. The Bertz CT molecular complexity index is 548. The van der Waals surface area contributed by atoms with Crippen LogP contribution in [0.25, 0.3) is 0 Å². The van der Waals surface area contributed by atoms with Crippen molar-refractivity contribution in [3.63, 3.8) is 0 Å². The molecule has 1 aromatic heterocycles. The second kappa shape index (κ2) is 6.31. The van der Waals surface area contributed by atoms with E-state index in [9.17, 15) is 14.9 Å². The summed E-state index contributed by atoms with van der Waals surface area (Å²) in [5.41, 5.74) is 1.58. The minimum atomic E-state index is -0.468. The highest BCUT2D eigenvalue weighted by atomic mass is 16.6. The highest BCUT2D eigenvalue weighted by molar-refractivity contribution is 5.76. The van der Waals surface area contributed by atoms with Gasteiger partial charge in [0.25, 0.3) is 0 Å². The number of carbonyl (C=O) groups is 1. The first-order valence-corrected chi connectivity index (χ1v) is 6.38. The van der Waals surface area contributed by atoms with Gasteiger partial charge in [-0.25, -0.2) is 0 Å². The highest BCUT2D eigenvalue weighted by Crippen LogP contribution is 2.21. The van der Waals surface area contributed by atoms with Crippen LogP contribution in [-0.2, 0) is 11.3 Å². The summed E-state index contributed by atoms with van der Waals surface area (Å²) in [6.45, 7) is 11.7. The van der Waals surface area contributed by atoms with Crippen molar-refractivity contribution < 1.29 is 9.72 Å². The second-order valence-corrected chi connectivity index (χ2v) is 4.80. The van der Waals surface area contributed by atoms with Gasteiger partial charge in [0, 0.05) is 13.1 Å². The van der Waals surface area contributed by atoms with Crippen molar-refractivity contribution in [1.29, 1.82) is 0 Å². The normalized spacial score (nSPS) is 10.4. The lowest BCUT2D eigenvalue weighted by Crippen LogP contribution is -2.35. The van der Waals surface area contributed by atoms with Crippen molar-refractivity contribution in [1.82, 2.24) is 14.7 Å². The SMILES string of the molecule is C=C(C)CN(CC)C(=O)Cn1nc(C)c([N+](=O)[O-])c1C. The molecule has 1 aromatic rings. The van der Waals surface area contributed by atoms with E-state index in [1.807, 2.05) is 13.8 Å². The van der Waals surface area contributed by atoms with E-state index in [2.05, 4.69) is 11.7 Å². The molecule has 20 heavy (non-hydrogen) atoms. The summed E-state index contributed by atoms with van der Waals surface area (Å²) >= 11 is 0. The highest BCUT2D eigenvalue weighted by Gasteiger charge is 2.23. The average molecular weight is 280 g/mol. The summed E-state index contributed by atoms with van der Waals surface area (Å²) in [5, 5.41) is 15.0. The van der Waals surface area contributed by atoms with Gasteiger partial charge >= 0.3 is 5.69 Å². The van der Waals surface area contributed by atoms with E-state index in [0.29, 0.717) is 24.5 Å². The number of nitro groups is 1. The summed E-state index contributed by atoms with van der Waals surface area (Å²) in [5.74, 6) is -0.129. The largest absolute Gasteiger partial charge is 0.337 e. The molecular formula is C13H20N4O3. The van der Waals surface area contributed by atoms with Crippen LogP contribution in [0.2, 0.25) is 0 Å². The van der Waals surface area contributed by atoms with Crippen LogP contribution in [0.4, 0.5) is 5.69 Å². The molecule has 1 amide bonds. The van der Waals surface area contributed by atoms with Gasteiger partial charge in [0.15, 0.2) is 0 Å². The van der Waals surface area contributed by atoms with Gasteiger partial charge in [-0.2, -0.15) is 5.10 Å². The fourth-order valence-electron chi connectivity index (χ4n) is 2.04. The Morgan fingerprint density at radius 1 is 1.50 bits per heavy atom. The summed E-state index contributed by atoms with van der Waals surface area (Å²) < 4.78 is 1.39. The number of hydrogen-bond acceptors (Lipinski definition) is 4. The fourth-order valence-corrected chi connectivity index (χ4v) is 2.04. The molecule has 0 N–H and O–H groups in total. The van der Waals surface area contributed by atoms with Crippen molar-refractivity contribution >= 4 is 11.6 Å². The van der Waals surface area contributed by atoms with Crippen molar-refractivity contribution in [2.75, 3.05) is 13.1 Å². The third-order valence-corrected chi connectivity index (χ3v) is 3.01. The van der Waals surface area contributed by atoms with Crippen LogP contribution in [0.1, 0.15) is 25.2 Å². The monoisotopic (exact) mass is 280 g/mol. The lowest BCUT2D eigenvalue weighted by molar-refractivity contribution is -0.386. The molecule has 0 aromatic carbocycles. The van der Waals surface area contributed by atoms with E-state index in [0.717, 1.165) is 5.57 Å². The molecule has 0 atom stereocenters. The van der Waals surface area contributed by atoms with Gasteiger partial charge in [0.2, 0.25) is 5.91 Å². The van der Waals surface area contributed by atoms with Crippen LogP contribution < -0.4 is 0 Å². The Morgan fingerprint density at radius 2 is 2.10 bits per heavy atom. The molecular weight excluding hydrogens is 260 g/mol. The molecule has 1 heterocycles. The van der Waals surface area contributed by atoms with Gasteiger partial charge in [-0.05, 0) is 27.7 Å². The van der Waals surface area contributed by atoms with Crippen LogP contribution in [0.15, 0.2) is 12.2 Å². The van der Waals surface area contributed by atoms with Gasteiger partial charge in [-0.3, -0.25) is 19.6 Å². The fraction of sp³-hybridized carbons (Fsp3) is 0.538. The summed E-state index contributed by atoms with van der Waals surface area (Å²) in [6.07, 6.45) is 0. The predicted octanol–water partition coefficient (Wildman–Crippen LogP) is 1.83. The smallest absolute Gasteiger partial charge is 0.312 e. The molecule has 0 aliphatic carbocycles. The third kappa shape index (κ3) is 3.43.